The van der Waals surface area contributed by atoms with Crippen molar-refractivity contribution >= 4 is 34.6 Å². The molecule has 5 aromatic rings. The Hall–Kier alpha value is -5.49. The normalized spacial score (nSPS) is 15.2. The van der Waals surface area contributed by atoms with Crippen molar-refractivity contribution in [1.82, 2.24) is 29.7 Å². The van der Waals surface area contributed by atoms with Crippen molar-refractivity contribution in [3.8, 4) is 22.8 Å². The Balaban J connectivity index is 1.17. The minimum absolute atomic E-state index is 0.0264. The molecule has 1 aliphatic rings. The molecular formula is C41H49N7O5. The number of hydrogen-bond acceptors (Lipinski definition) is 8. The summed E-state index contributed by atoms with van der Waals surface area (Å²) in [7, 11) is 3.85. The van der Waals surface area contributed by atoms with E-state index in [0.717, 1.165) is 40.6 Å². The van der Waals surface area contributed by atoms with Gasteiger partial charge < -0.3 is 24.4 Å². The predicted molar refractivity (Wildman–Crippen MR) is 205 cm³/mol. The van der Waals surface area contributed by atoms with Crippen LogP contribution in [0.15, 0.2) is 77.3 Å². The van der Waals surface area contributed by atoms with Crippen LogP contribution in [0.3, 0.4) is 0 Å². The minimum atomic E-state index is -0.648. The second-order valence-corrected chi connectivity index (χ2v) is 14.8. The van der Waals surface area contributed by atoms with E-state index in [1.807, 2.05) is 118 Å². The number of imidazole rings is 1. The van der Waals surface area contributed by atoms with Gasteiger partial charge in [-0.15, -0.1) is 0 Å². The van der Waals surface area contributed by atoms with E-state index in [4.69, 9.17) is 14.1 Å². The molecule has 3 aromatic carbocycles. The average molecular weight is 720 g/mol. The lowest BCUT2D eigenvalue weighted by Gasteiger charge is -2.30. The third-order valence-corrected chi connectivity index (χ3v) is 9.26. The highest BCUT2D eigenvalue weighted by Gasteiger charge is 2.37. The van der Waals surface area contributed by atoms with Gasteiger partial charge in [0.1, 0.15) is 23.5 Å². The number of carbonyl (C=O) groups excluding carboxylic acids is 3. The molecular weight excluding hydrogens is 670 g/mol. The second-order valence-electron chi connectivity index (χ2n) is 14.8. The van der Waals surface area contributed by atoms with Crippen LogP contribution in [0, 0.1) is 6.92 Å². The first-order valence-corrected chi connectivity index (χ1v) is 18.2. The number of fused-ring (bicyclic) bond motifs is 1. The summed E-state index contributed by atoms with van der Waals surface area (Å²) in [5.41, 5.74) is 4.90. The number of anilines is 1. The van der Waals surface area contributed by atoms with Gasteiger partial charge >= 0.3 is 6.09 Å². The number of nitrogens with one attached hydrogen (secondary N) is 2. The number of likely N-dealkylation sites (tertiary alicyclic amines) is 1. The van der Waals surface area contributed by atoms with E-state index in [0.29, 0.717) is 54.8 Å². The molecule has 3 heterocycles. The molecule has 1 fully saturated rings. The highest BCUT2D eigenvalue weighted by Crippen LogP contribution is 2.31. The number of hydrogen-bond donors (Lipinski definition) is 2. The SMILES string of the molecule is CCCN(Cc1nc2ccc(-c3cnc(-c4ccc(C)c(NC(=O)[C@@H]5CCCN5C(=O)OC(C)(C)C)c4)o3)cc2[nH]1)C(=O)[C@@H](c1ccccc1)N(C)C. The highest BCUT2D eigenvalue weighted by molar-refractivity contribution is 5.98. The summed E-state index contributed by atoms with van der Waals surface area (Å²) < 4.78 is 11.8. The van der Waals surface area contributed by atoms with Crippen LogP contribution >= 0.6 is 0 Å². The van der Waals surface area contributed by atoms with Gasteiger partial charge in [0, 0.05) is 29.9 Å². The Bertz CT molecular complexity index is 2080. The maximum atomic E-state index is 13.9. The van der Waals surface area contributed by atoms with Gasteiger partial charge in [-0.05, 0) is 103 Å². The van der Waals surface area contributed by atoms with Gasteiger partial charge in [0.2, 0.25) is 17.7 Å². The summed E-state index contributed by atoms with van der Waals surface area (Å²) in [6, 6.07) is 20.3. The van der Waals surface area contributed by atoms with Crippen LogP contribution < -0.4 is 5.32 Å². The number of carbonyl (C=O) groups is 3. The molecule has 278 valence electrons. The number of amides is 3. The molecule has 2 atom stereocenters. The summed E-state index contributed by atoms with van der Waals surface area (Å²) in [4.78, 5) is 58.2. The van der Waals surface area contributed by atoms with Crippen molar-refractivity contribution in [1.29, 1.82) is 0 Å². The van der Waals surface area contributed by atoms with Gasteiger partial charge in [0.05, 0.1) is 23.8 Å². The summed E-state index contributed by atoms with van der Waals surface area (Å²) in [6.07, 6.45) is 3.30. The van der Waals surface area contributed by atoms with Gasteiger partial charge in [-0.3, -0.25) is 19.4 Å². The summed E-state index contributed by atoms with van der Waals surface area (Å²) in [5.74, 6) is 1.44. The standard InChI is InChI=1S/C41H49N7O5/c1-8-20-47(39(50)36(46(6)7)27-13-10-9-11-14-27)25-35-43-30-19-18-28(22-32(30)44-35)34-24-42-38(52-34)29-17-16-26(2)31(23-29)45-37(49)33-15-12-21-48(33)40(51)53-41(3,4)5/h9-11,13-14,16-19,22-24,33,36H,8,12,15,20-21,25H2,1-7H3,(H,43,44)(H,45,49)/t33-,36+/m0/s1. The zero-order chi connectivity index (χ0) is 37.9. The van der Waals surface area contributed by atoms with E-state index in [1.54, 1.807) is 6.20 Å². The molecule has 1 saturated heterocycles. The molecule has 2 aromatic heterocycles. The van der Waals surface area contributed by atoms with Crippen molar-refractivity contribution in [3.63, 3.8) is 0 Å². The van der Waals surface area contributed by atoms with Crippen LogP contribution in [0.4, 0.5) is 10.5 Å². The number of nitrogens with zero attached hydrogens (tertiary/aromatic N) is 5. The summed E-state index contributed by atoms with van der Waals surface area (Å²) in [6.45, 7) is 10.8. The van der Waals surface area contributed by atoms with Crippen LogP contribution in [-0.2, 0) is 20.9 Å². The fraction of sp³-hybridized carbons (Fsp3) is 0.390. The van der Waals surface area contributed by atoms with Gasteiger partial charge in [-0.25, -0.2) is 14.8 Å². The number of oxazole rings is 1. The van der Waals surface area contributed by atoms with Crippen LogP contribution in [0.5, 0.6) is 0 Å². The molecule has 3 amide bonds. The molecule has 12 heteroatoms. The van der Waals surface area contributed by atoms with Crippen LogP contribution in [0.1, 0.15) is 70.0 Å². The summed E-state index contributed by atoms with van der Waals surface area (Å²) in [5, 5.41) is 3.02. The topological polar surface area (TPSA) is 137 Å². The number of aromatic amines is 1. The second kappa shape index (κ2) is 15.6. The first-order chi connectivity index (χ1) is 25.3. The third-order valence-electron chi connectivity index (χ3n) is 9.26. The fourth-order valence-electron chi connectivity index (χ4n) is 6.70. The highest BCUT2D eigenvalue weighted by atomic mass is 16.6. The maximum Gasteiger partial charge on any atom is 0.410 e. The van der Waals surface area contributed by atoms with Crippen molar-refractivity contribution < 1.29 is 23.5 Å². The molecule has 53 heavy (non-hydrogen) atoms. The molecule has 12 nitrogen and oxygen atoms in total. The number of ether oxygens (including phenoxy) is 1. The first-order valence-electron chi connectivity index (χ1n) is 18.2. The van der Waals surface area contributed by atoms with Crippen LogP contribution in [0.2, 0.25) is 0 Å². The number of rotatable bonds is 11. The molecule has 0 radical (unpaired) electrons. The Morgan fingerprint density at radius 3 is 2.53 bits per heavy atom. The number of H-pyrrole nitrogens is 1. The first kappa shape index (κ1) is 37.3. The van der Waals surface area contributed by atoms with E-state index >= 15 is 0 Å². The zero-order valence-corrected chi connectivity index (χ0v) is 31.6. The molecule has 0 spiro atoms. The van der Waals surface area contributed by atoms with Gasteiger partial charge in [0.25, 0.3) is 0 Å². The Morgan fingerprint density at radius 1 is 1.06 bits per heavy atom. The zero-order valence-electron chi connectivity index (χ0n) is 31.6. The van der Waals surface area contributed by atoms with E-state index in [9.17, 15) is 14.4 Å². The Kier molecular flexibility index (Phi) is 11.0. The molecule has 0 saturated carbocycles. The predicted octanol–water partition coefficient (Wildman–Crippen LogP) is 7.57. The lowest BCUT2D eigenvalue weighted by Crippen LogP contribution is -2.45. The van der Waals surface area contributed by atoms with E-state index in [-0.39, 0.29) is 11.8 Å². The van der Waals surface area contributed by atoms with Gasteiger partial charge in [-0.1, -0.05) is 43.3 Å². The van der Waals surface area contributed by atoms with Crippen molar-refractivity contribution in [2.45, 2.75) is 78.1 Å². The fourth-order valence-corrected chi connectivity index (χ4v) is 6.70. The quantitative estimate of drug-likeness (QED) is 0.143. The number of likely N-dealkylation sites (N-methyl/N-ethyl adjacent to an activating group) is 1. The monoisotopic (exact) mass is 719 g/mol. The smallest absolute Gasteiger partial charge is 0.410 e. The van der Waals surface area contributed by atoms with E-state index in [2.05, 4.69) is 22.2 Å². The van der Waals surface area contributed by atoms with Gasteiger partial charge in [0.15, 0.2) is 5.76 Å². The molecule has 6 rings (SSSR count). The molecule has 0 bridgehead atoms. The summed E-state index contributed by atoms with van der Waals surface area (Å²) >= 11 is 0. The van der Waals surface area contributed by atoms with Crippen LogP contribution in [0.25, 0.3) is 33.8 Å². The average Bonchev–Trinajstić information content (AvgIpc) is 3.88. The minimum Gasteiger partial charge on any atom is -0.444 e. The van der Waals surface area contributed by atoms with Crippen molar-refractivity contribution in [3.05, 3.63) is 89.9 Å². The molecule has 1 aliphatic heterocycles. The van der Waals surface area contributed by atoms with Crippen molar-refractivity contribution in [2.75, 3.05) is 32.5 Å². The van der Waals surface area contributed by atoms with Gasteiger partial charge in [-0.2, -0.15) is 0 Å². The van der Waals surface area contributed by atoms with Crippen LogP contribution in [-0.4, -0.2) is 86.4 Å². The number of benzene rings is 3. The Morgan fingerprint density at radius 2 is 1.81 bits per heavy atom. The number of aryl methyl sites for hydroxylation is 1. The lowest BCUT2D eigenvalue weighted by atomic mass is 10.0. The van der Waals surface area contributed by atoms with Crippen molar-refractivity contribution in [2.24, 2.45) is 0 Å². The Labute approximate surface area is 310 Å². The van der Waals surface area contributed by atoms with E-state index < -0.39 is 23.8 Å². The molecule has 0 aliphatic carbocycles. The molecule has 2 N–H and O–H groups in total. The number of aromatic nitrogens is 3. The van der Waals surface area contributed by atoms with E-state index in [1.165, 1.54) is 4.90 Å². The molecule has 0 unspecified atom stereocenters. The lowest BCUT2D eigenvalue weighted by molar-refractivity contribution is -0.137. The third kappa shape index (κ3) is 8.60. The maximum absolute atomic E-state index is 13.9. The largest absolute Gasteiger partial charge is 0.444 e.